The molecular weight excluding hydrogens is 336 g/mol. The monoisotopic (exact) mass is 370 g/mol. The summed E-state index contributed by atoms with van der Waals surface area (Å²) in [5.41, 5.74) is 0. The molecule has 0 bridgehead atoms. The lowest BCUT2D eigenvalue weighted by Crippen LogP contribution is -2.09. The molecule has 0 amide bonds. The fourth-order valence-corrected chi connectivity index (χ4v) is 2.50. The van der Waals surface area contributed by atoms with Crippen molar-refractivity contribution in [2.75, 3.05) is 13.2 Å². The number of ether oxygens (including phenoxy) is 2. The van der Waals surface area contributed by atoms with Crippen molar-refractivity contribution in [3.63, 3.8) is 0 Å². The van der Waals surface area contributed by atoms with E-state index in [1.165, 1.54) is 39.5 Å². The molecule has 0 heterocycles. The van der Waals surface area contributed by atoms with Gasteiger partial charge in [0.1, 0.15) is 24.4 Å². The first kappa shape index (κ1) is 24.3. The molecule has 0 aromatic heterocycles. The summed E-state index contributed by atoms with van der Waals surface area (Å²) in [4.78, 5) is 43.7. The second-order valence-corrected chi connectivity index (χ2v) is 6.73. The van der Waals surface area contributed by atoms with E-state index in [2.05, 4.69) is 0 Å². The van der Waals surface area contributed by atoms with Crippen LogP contribution in [0.5, 0.6) is 0 Å². The van der Waals surface area contributed by atoms with Gasteiger partial charge in [-0.15, -0.1) is 0 Å². The molecular formula is C20H34O6. The van der Waals surface area contributed by atoms with Crippen molar-refractivity contribution in [1.29, 1.82) is 0 Å². The van der Waals surface area contributed by atoms with Crippen molar-refractivity contribution >= 4 is 23.5 Å². The molecule has 0 aliphatic carbocycles. The van der Waals surface area contributed by atoms with Gasteiger partial charge in [0.05, 0.1) is 13.2 Å². The molecule has 0 spiro atoms. The highest BCUT2D eigenvalue weighted by atomic mass is 16.5. The van der Waals surface area contributed by atoms with Crippen LogP contribution in [0.2, 0.25) is 0 Å². The number of ketones is 2. The third-order valence-corrected chi connectivity index (χ3v) is 3.85. The van der Waals surface area contributed by atoms with E-state index in [9.17, 15) is 19.2 Å². The van der Waals surface area contributed by atoms with Crippen LogP contribution < -0.4 is 0 Å². The normalized spacial score (nSPS) is 10.4. The molecule has 0 aromatic carbocycles. The van der Waals surface area contributed by atoms with E-state index in [-0.39, 0.29) is 24.4 Å². The Kier molecular flexibility index (Phi) is 15.6. The largest absolute Gasteiger partial charge is 0.465 e. The lowest BCUT2D eigenvalue weighted by molar-refractivity contribution is -0.147. The van der Waals surface area contributed by atoms with E-state index in [4.69, 9.17) is 9.47 Å². The molecule has 0 rings (SSSR count). The van der Waals surface area contributed by atoms with Gasteiger partial charge in [0.15, 0.2) is 0 Å². The lowest BCUT2D eigenvalue weighted by Gasteiger charge is -2.05. The molecule has 0 aliphatic rings. The maximum absolute atomic E-state index is 11.1. The van der Waals surface area contributed by atoms with Crippen LogP contribution in [0.25, 0.3) is 0 Å². The van der Waals surface area contributed by atoms with Gasteiger partial charge in [-0.05, 0) is 26.7 Å². The SMILES string of the molecule is CC(=O)CC(=O)OCCCCCCCCCCCCOC(=O)CC(C)=O. The predicted molar refractivity (Wildman–Crippen MR) is 98.7 cm³/mol. The highest BCUT2D eigenvalue weighted by Gasteiger charge is 2.06. The molecule has 6 nitrogen and oxygen atoms in total. The van der Waals surface area contributed by atoms with Gasteiger partial charge >= 0.3 is 11.9 Å². The van der Waals surface area contributed by atoms with Gasteiger partial charge in [-0.3, -0.25) is 19.2 Å². The van der Waals surface area contributed by atoms with Crippen LogP contribution in [0.15, 0.2) is 0 Å². The van der Waals surface area contributed by atoms with Crippen LogP contribution in [-0.2, 0) is 28.7 Å². The standard InChI is InChI=1S/C20H34O6/c1-17(21)15-19(23)25-13-11-9-7-5-3-4-6-8-10-12-14-26-20(24)16-18(2)22/h3-16H2,1-2H3. The van der Waals surface area contributed by atoms with Crippen molar-refractivity contribution in [1.82, 2.24) is 0 Å². The molecule has 6 heteroatoms. The highest BCUT2D eigenvalue weighted by molar-refractivity contribution is 5.94. The maximum Gasteiger partial charge on any atom is 0.313 e. The van der Waals surface area contributed by atoms with Gasteiger partial charge in [0.25, 0.3) is 0 Å². The van der Waals surface area contributed by atoms with E-state index < -0.39 is 11.9 Å². The fraction of sp³-hybridized carbons (Fsp3) is 0.800. The molecule has 150 valence electrons. The van der Waals surface area contributed by atoms with Gasteiger partial charge < -0.3 is 9.47 Å². The van der Waals surface area contributed by atoms with Crippen molar-refractivity contribution in [2.45, 2.75) is 90.9 Å². The summed E-state index contributed by atoms with van der Waals surface area (Å²) in [6.45, 7) is 3.58. The van der Waals surface area contributed by atoms with Crippen LogP contribution in [0, 0.1) is 0 Å². The van der Waals surface area contributed by atoms with Gasteiger partial charge in [0.2, 0.25) is 0 Å². The Morgan fingerprint density at radius 3 is 1.04 bits per heavy atom. The zero-order valence-electron chi connectivity index (χ0n) is 16.3. The summed E-state index contributed by atoms with van der Waals surface area (Å²) in [7, 11) is 0. The Morgan fingerprint density at radius 2 is 0.769 bits per heavy atom. The first-order valence-corrected chi connectivity index (χ1v) is 9.72. The van der Waals surface area contributed by atoms with Crippen LogP contribution in [0.1, 0.15) is 90.9 Å². The van der Waals surface area contributed by atoms with Gasteiger partial charge in [-0.2, -0.15) is 0 Å². The lowest BCUT2D eigenvalue weighted by atomic mass is 10.1. The number of carbonyl (C=O) groups excluding carboxylic acids is 4. The number of carbonyl (C=O) groups is 4. The first-order chi connectivity index (χ1) is 12.4. The third-order valence-electron chi connectivity index (χ3n) is 3.85. The molecule has 0 N–H and O–H groups in total. The minimum atomic E-state index is -0.425. The van der Waals surface area contributed by atoms with E-state index in [1.807, 2.05) is 0 Å². The fourth-order valence-electron chi connectivity index (χ4n) is 2.50. The Bertz CT molecular complexity index is 390. The van der Waals surface area contributed by atoms with Crippen LogP contribution in [-0.4, -0.2) is 36.7 Å². The summed E-state index contributed by atoms with van der Waals surface area (Å²) in [6.07, 6.45) is 10.6. The van der Waals surface area contributed by atoms with Crippen LogP contribution >= 0.6 is 0 Å². The second kappa shape index (κ2) is 16.7. The van der Waals surface area contributed by atoms with Crippen LogP contribution in [0.4, 0.5) is 0 Å². The number of rotatable bonds is 17. The molecule has 0 aliphatic heterocycles. The average Bonchev–Trinajstić information content (AvgIpc) is 2.53. The third kappa shape index (κ3) is 18.6. The number of esters is 2. The quantitative estimate of drug-likeness (QED) is 0.219. The summed E-state index contributed by atoms with van der Waals surface area (Å²) < 4.78 is 9.94. The first-order valence-electron chi connectivity index (χ1n) is 9.72. The number of hydrogen-bond acceptors (Lipinski definition) is 6. The van der Waals surface area contributed by atoms with E-state index in [0.29, 0.717) is 13.2 Å². The van der Waals surface area contributed by atoms with Crippen LogP contribution in [0.3, 0.4) is 0 Å². The highest BCUT2D eigenvalue weighted by Crippen LogP contribution is 2.11. The zero-order valence-corrected chi connectivity index (χ0v) is 16.3. The molecule has 26 heavy (non-hydrogen) atoms. The number of unbranched alkanes of at least 4 members (excludes halogenated alkanes) is 9. The summed E-state index contributed by atoms with van der Waals surface area (Å²) in [5.74, 6) is -1.18. The Morgan fingerprint density at radius 1 is 0.500 bits per heavy atom. The summed E-state index contributed by atoms with van der Waals surface area (Å²) in [6, 6.07) is 0. The molecule has 0 radical (unpaired) electrons. The Balaban J connectivity index is 3.20. The van der Waals surface area contributed by atoms with Crippen molar-refractivity contribution < 1.29 is 28.7 Å². The van der Waals surface area contributed by atoms with Crippen molar-refractivity contribution in [3.05, 3.63) is 0 Å². The molecule has 0 aromatic rings. The van der Waals surface area contributed by atoms with Crippen molar-refractivity contribution in [2.24, 2.45) is 0 Å². The molecule has 0 saturated heterocycles. The minimum Gasteiger partial charge on any atom is -0.465 e. The molecule has 0 saturated carbocycles. The maximum atomic E-state index is 11.1. The Hall–Kier alpha value is -1.72. The number of Topliss-reactive ketones (excluding diaryl/α,β-unsaturated/α-hetero) is 2. The van der Waals surface area contributed by atoms with Gasteiger partial charge in [-0.1, -0.05) is 51.4 Å². The van der Waals surface area contributed by atoms with Gasteiger partial charge in [0, 0.05) is 0 Å². The zero-order chi connectivity index (χ0) is 19.6. The summed E-state index contributed by atoms with van der Waals surface area (Å²) >= 11 is 0. The van der Waals surface area contributed by atoms with E-state index in [1.54, 1.807) is 0 Å². The van der Waals surface area contributed by atoms with E-state index in [0.717, 1.165) is 38.5 Å². The number of hydrogen-bond donors (Lipinski definition) is 0. The Labute approximate surface area is 157 Å². The predicted octanol–water partition coefficient (Wildman–Crippen LogP) is 3.93. The average molecular weight is 370 g/mol. The minimum absolute atomic E-state index is 0.124. The van der Waals surface area contributed by atoms with E-state index >= 15 is 0 Å². The topological polar surface area (TPSA) is 86.7 Å². The second-order valence-electron chi connectivity index (χ2n) is 6.73. The molecule has 0 unspecified atom stereocenters. The van der Waals surface area contributed by atoms with Crippen molar-refractivity contribution in [3.8, 4) is 0 Å². The molecule has 0 fully saturated rings. The summed E-state index contributed by atoms with van der Waals surface area (Å²) in [5, 5.41) is 0. The smallest absolute Gasteiger partial charge is 0.313 e. The van der Waals surface area contributed by atoms with Gasteiger partial charge in [-0.25, -0.2) is 0 Å². The molecule has 0 atom stereocenters.